The molecular weight excluding hydrogens is 284 g/mol. The molecule has 2 aromatic carbocycles. The van der Waals surface area contributed by atoms with Crippen molar-refractivity contribution in [3.8, 4) is 0 Å². The van der Waals surface area contributed by atoms with Gasteiger partial charge in [0.25, 0.3) is 0 Å². The summed E-state index contributed by atoms with van der Waals surface area (Å²) >= 11 is 0. The van der Waals surface area contributed by atoms with Crippen molar-refractivity contribution in [3.63, 3.8) is 0 Å². The highest BCUT2D eigenvalue weighted by molar-refractivity contribution is 7.91. The highest BCUT2D eigenvalue weighted by Gasteiger charge is 2.23. The molecule has 0 aliphatic rings. The van der Waals surface area contributed by atoms with E-state index in [1.54, 1.807) is 38.1 Å². The Hall–Kier alpha value is -2.63. The predicted octanol–water partition coefficient (Wildman–Crippen LogP) is 4.24. The van der Waals surface area contributed by atoms with Gasteiger partial charge in [0, 0.05) is 0 Å². The lowest BCUT2D eigenvalue weighted by molar-refractivity contribution is 0.595. The van der Waals surface area contributed by atoms with Gasteiger partial charge in [-0.05, 0) is 37.1 Å². The van der Waals surface area contributed by atoms with Gasteiger partial charge in [0.05, 0.1) is 22.9 Å². The van der Waals surface area contributed by atoms with Crippen LogP contribution in [0.3, 0.4) is 0 Å². The van der Waals surface area contributed by atoms with Crippen molar-refractivity contribution in [2.45, 2.75) is 23.6 Å². The fourth-order valence-electron chi connectivity index (χ4n) is 2.15. The number of benzene rings is 2. The maximum absolute atomic E-state index is 12.8. The summed E-state index contributed by atoms with van der Waals surface area (Å²) in [5.41, 5.74) is 1.49. The van der Waals surface area contributed by atoms with Gasteiger partial charge in [0.1, 0.15) is 0 Å². The molecule has 0 amide bonds. The van der Waals surface area contributed by atoms with Crippen LogP contribution in [0.2, 0.25) is 0 Å². The third kappa shape index (κ3) is 2.40. The van der Waals surface area contributed by atoms with Gasteiger partial charge < -0.3 is 0 Å². The highest BCUT2D eigenvalue weighted by atomic mass is 32.2. The second kappa shape index (κ2) is 5.40. The molecule has 0 bridgehead atoms. The van der Waals surface area contributed by atoms with Gasteiger partial charge in [0.15, 0.2) is 11.4 Å². The monoisotopic (exact) mass is 296 g/mol. The molecule has 104 valence electrons. The van der Waals surface area contributed by atoms with Crippen molar-refractivity contribution in [2.75, 3.05) is 0 Å². The average molecular weight is 296 g/mol. The summed E-state index contributed by atoms with van der Waals surface area (Å²) in [7, 11) is -3.75. The minimum atomic E-state index is -3.75. The molecule has 21 heavy (non-hydrogen) atoms. The van der Waals surface area contributed by atoms with Gasteiger partial charge in [0.2, 0.25) is 9.84 Å². The highest BCUT2D eigenvalue weighted by Crippen LogP contribution is 2.33. The lowest BCUT2D eigenvalue weighted by Gasteiger charge is -2.12. The summed E-state index contributed by atoms with van der Waals surface area (Å²) in [5, 5.41) is 0. The van der Waals surface area contributed by atoms with E-state index in [2.05, 4.69) is 9.69 Å². The molecule has 0 spiro atoms. The van der Waals surface area contributed by atoms with Crippen molar-refractivity contribution < 1.29 is 8.42 Å². The number of rotatable bonds is 2. The fraction of sp³-hybridized carbons (Fsp3) is 0.125. The third-order valence-electron chi connectivity index (χ3n) is 3.33. The van der Waals surface area contributed by atoms with Crippen LogP contribution in [0, 0.1) is 27.0 Å². The molecule has 0 N–H and O–H groups in total. The van der Waals surface area contributed by atoms with E-state index < -0.39 is 9.84 Å². The van der Waals surface area contributed by atoms with Crippen molar-refractivity contribution in [2.24, 2.45) is 0 Å². The largest absolute Gasteiger partial charge is 0.238 e. The summed E-state index contributed by atoms with van der Waals surface area (Å²) in [6.07, 6.45) is 0. The number of hydrogen-bond acceptors (Lipinski definition) is 2. The second-order valence-electron chi connectivity index (χ2n) is 4.53. The van der Waals surface area contributed by atoms with Gasteiger partial charge in [-0.3, -0.25) is 0 Å². The molecule has 0 aromatic heterocycles. The van der Waals surface area contributed by atoms with Crippen LogP contribution in [-0.2, 0) is 9.84 Å². The maximum Gasteiger partial charge on any atom is 0.204 e. The Morgan fingerprint density at radius 2 is 1.19 bits per heavy atom. The van der Waals surface area contributed by atoms with E-state index in [1.807, 2.05) is 0 Å². The predicted molar refractivity (Wildman–Crippen MR) is 80.3 cm³/mol. The van der Waals surface area contributed by atoms with Gasteiger partial charge in [-0.1, -0.05) is 24.3 Å². The van der Waals surface area contributed by atoms with Crippen LogP contribution in [0.1, 0.15) is 11.1 Å². The van der Waals surface area contributed by atoms with E-state index in [1.165, 1.54) is 12.1 Å². The number of hydrogen-bond donors (Lipinski definition) is 0. The molecule has 0 aliphatic heterocycles. The van der Waals surface area contributed by atoms with Crippen molar-refractivity contribution in [1.29, 1.82) is 0 Å². The molecule has 4 nitrogen and oxygen atoms in total. The van der Waals surface area contributed by atoms with Crippen LogP contribution in [0.25, 0.3) is 9.69 Å². The van der Waals surface area contributed by atoms with Gasteiger partial charge in [-0.15, -0.1) is 0 Å². The fourth-order valence-corrected chi connectivity index (χ4v) is 3.92. The van der Waals surface area contributed by atoms with Crippen molar-refractivity contribution in [1.82, 2.24) is 0 Å². The Balaban J connectivity index is 2.76. The first-order chi connectivity index (χ1) is 9.93. The van der Waals surface area contributed by atoms with Crippen LogP contribution in [0.4, 0.5) is 11.4 Å². The topological polar surface area (TPSA) is 42.9 Å². The minimum absolute atomic E-state index is 0.112. The summed E-state index contributed by atoms with van der Waals surface area (Å²) in [6, 6.07) is 9.27. The molecule has 2 aromatic rings. The van der Waals surface area contributed by atoms with Gasteiger partial charge in [-0.2, -0.15) is 0 Å². The SMILES string of the molecule is [C-]#[N+]c1cccc(S(=O)(=O)c2cccc([N+]#[C-])c2C)c1C. The Bertz CT molecular complexity index is 831. The van der Waals surface area contributed by atoms with E-state index >= 15 is 0 Å². The quantitative estimate of drug-likeness (QED) is 0.778. The summed E-state index contributed by atoms with van der Waals surface area (Å²) < 4.78 is 25.6. The maximum atomic E-state index is 12.8. The second-order valence-corrected chi connectivity index (χ2v) is 6.41. The van der Waals surface area contributed by atoms with Gasteiger partial charge in [-0.25, -0.2) is 18.1 Å². The van der Waals surface area contributed by atoms with Crippen LogP contribution in [0.15, 0.2) is 46.2 Å². The van der Waals surface area contributed by atoms with Crippen LogP contribution >= 0.6 is 0 Å². The molecule has 5 heteroatoms. The zero-order chi connectivity index (χ0) is 15.6. The zero-order valence-corrected chi connectivity index (χ0v) is 12.4. The van der Waals surface area contributed by atoms with Crippen molar-refractivity contribution in [3.05, 3.63) is 70.4 Å². The van der Waals surface area contributed by atoms with E-state index in [0.717, 1.165) is 0 Å². The molecular formula is C16H12N2O2S. The van der Waals surface area contributed by atoms with E-state index in [4.69, 9.17) is 13.1 Å². The third-order valence-corrected chi connectivity index (χ3v) is 5.37. The molecule has 0 fully saturated rings. The van der Waals surface area contributed by atoms with E-state index in [9.17, 15) is 8.42 Å². The standard InChI is InChI=1S/C16H12N2O2S/c1-11-13(17-3)7-5-9-15(11)21(19,20)16-10-6-8-14(18-4)12(16)2/h5-10H,1-2H3. The smallest absolute Gasteiger partial charge is 0.204 e. The summed E-state index contributed by atoms with van der Waals surface area (Å²) in [6.45, 7) is 17.4. The van der Waals surface area contributed by atoms with Crippen molar-refractivity contribution >= 4 is 21.2 Å². The molecule has 0 heterocycles. The summed E-state index contributed by atoms with van der Waals surface area (Å²) in [4.78, 5) is 6.89. The molecule has 2 rings (SSSR count). The van der Waals surface area contributed by atoms with E-state index in [0.29, 0.717) is 22.5 Å². The summed E-state index contributed by atoms with van der Waals surface area (Å²) in [5.74, 6) is 0. The Labute approximate surface area is 124 Å². The Morgan fingerprint density at radius 1 is 0.810 bits per heavy atom. The molecule has 0 saturated heterocycles. The van der Waals surface area contributed by atoms with Crippen LogP contribution in [0.5, 0.6) is 0 Å². The minimum Gasteiger partial charge on any atom is -0.238 e. The molecule has 0 aliphatic carbocycles. The molecule has 0 radical (unpaired) electrons. The average Bonchev–Trinajstić information content (AvgIpc) is 2.47. The zero-order valence-electron chi connectivity index (χ0n) is 11.6. The number of sulfone groups is 1. The first-order valence-corrected chi connectivity index (χ1v) is 7.61. The first kappa shape index (κ1) is 14.8. The van der Waals surface area contributed by atoms with Gasteiger partial charge >= 0.3 is 0 Å². The Morgan fingerprint density at radius 3 is 1.52 bits per heavy atom. The van der Waals surface area contributed by atoms with Crippen LogP contribution in [-0.4, -0.2) is 8.42 Å². The first-order valence-electron chi connectivity index (χ1n) is 6.12. The lowest BCUT2D eigenvalue weighted by atomic mass is 10.2. The normalized spacial score (nSPS) is 10.7. The molecule has 0 atom stereocenters. The number of nitrogens with zero attached hydrogens (tertiary/aromatic N) is 2. The Kier molecular flexibility index (Phi) is 3.80. The lowest BCUT2D eigenvalue weighted by Crippen LogP contribution is -2.06. The molecule has 0 saturated carbocycles. The van der Waals surface area contributed by atoms with Crippen LogP contribution < -0.4 is 0 Å². The van der Waals surface area contributed by atoms with E-state index in [-0.39, 0.29) is 9.79 Å². The molecule has 0 unspecified atom stereocenters.